The summed E-state index contributed by atoms with van der Waals surface area (Å²) in [7, 11) is 0. The summed E-state index contributed by atoms with van der Waals surface area (Å²) in [5.41, 5.74) is 3.01. The summed E-state index contributed by atoms with van der Waals surface area (Å²) < 4.78 is 6.35. The van der Waals surface area contributed by atoms with Gasteiger partial charge in [-0.2, -0.15) is 0 Å². The molecule has 0 aromatic heterocycles. The molecule has 3 nitrogen and oxygen atoms in total. The fraction of sp³-hybridized carbons (Fsp3) is 0.700. The molecule has 0 amide bonds. The molecule has 1 spiro atoms. The predicted octanol–water partition coefficient (Wildman–Crippen LogP) is 3.21. The van der Waals surface area contributed by atoms with Crippen molar-refractivity contribution in [1.82, 2.24) is 9.80 Å². The molecule has 0 unspecified atom stereocenters. The highest BCUT2D eigenvalue weighted by atomic mass is 16.5. The molecule has 0 N–H and O–H groups in total. The van der Waals surface area contributed by atoms with Crippen LogP contribution in [0.5, 0.6) is 0 Å². The third-order valence-corrected chi connectivity index (χ3v) is 6.17. The van der Waals surface area contributed by atoms with Gasteiger partial charge in [-0.25, -0.2) is 0 Å². The van der Waals surface area contributed by atoms with Crippen LogP contribution in [0, 0.1) is 6.92 Å². The maximum atomic E-state index is 6.35. The lowest BCUT2D eigenvalue weighted by molar-refractivity contribution is -0.0961. The lowest BCUT2D eigenvalue weighted by Gasteiger charge is -2.41. The van der Waals surface area contributed by atoms with Gasteiger partial charge in [0, 0.05) is 32.3 Å². The molecule has 3 saturated heterocycles. The van der Waals surface area contributed by atoms with Gasteiger partial charge in [-0.3, -0.25) is 4.90 Å². The highest BCUT2D eigenvalue weighted by Gasteiger charge is 2.44. The molecule has 1 aromatic carbocycles. The second-order valence-corrected chi connectivity index (χ2v) is 7.81. The average Bonchev–Trinajstić information content (AvgIpc) is 3.21. The fourth-order valence-electron chi connectivity index (χ4n) is 4.80. The molecule has 3 heterocycles. The Morgan fingerprint density at radius 3 is 2.83 bits per heavy atom. The summed E-state index contributed by atoms with van der Waals surface area (Å²) in [6.07, 6.45) is 6.48. The van der Waals surface area contributed by atoms with E-state index in [1.807, 2.05) is 0 Å². The van der Waals surface area contributed by atoms with Crippen molar-refractivity contribution in [2.45, 2.75) is 57.2 Å². The molecule has 23 heavy (non-hydrogen) atoms. The quantitative estimate of drug-likeness (QED) is 0.852. The number of rotatable bonds is 3. The Bertz CT molecular complexity index is 540. The summed E-state index contributed by atoms with van der Waals surface area (Å²) in [5, 5.41) is 0. The van der Waals surface area contributed by atoms with Crippen molar-refractivity contribution in [1.29, 1.82) is 0 Å². The Labute approximate surface area is 140 Å². The first-order valence-corrected chi connectivity index (χ1v) is 9.39. The first-order valence-electron chi connectivity index (χ1n) is 9.39. The average molecular weight is 314 g/mol. The van der Waals surface area contributed by atoms with Gasteiger partial charge in [0.25, 0.3) is 0 Å². The summed E-state index contributed by atoms with van der Waals surface area (Å²) in [6, 6.07) is 9.56. The van der Waals surface area contributed by atoms with Gasteiger partial charge in [-0.15, -0.1) is 0 Å². The highest BCUT2D eigenvalue weighted by molar-refractivity contribution is 5.25. The molecule has 0 bridgehead atoms. The van der Waals surface area contributed by atoms with Crippen LogP contribution in [0.25, 0.3) is 0 Å². The van der Waals surface area contributed by atoms with E-state index in [4.69, 9.17) is 4.74 Å². The number of likely N-dealkylation sites (tertiary alicyclic amines) is 2. The Hall–Kier alpha value is -0.900. The van der Waals surface area contributed by atoms with Crippen LogP contribution in [0.3, 0.4) is 0 Å². The summed E-state index contributed by atoms with van der Waals surface area (Å²) >= 11 is 0. The van der Waals surface area contributed by atoms with Crippen LogP contribution in [0.4, 0.5) is 0 Å². The first kappa shape index (κ1) is 15.6. The lowest BCUT2D eigenvalue weighted by atomic mass is 9.89. The molecule has 0 radical (unpaired) electrons. The van der Waals surface area contributed by atoms with Crippen molar-refractivity contribution in [2.75, 3.05) is 32.8 Å². The topological polar surface area (TPSA) is 15.7 Å². The molecule has 3 aliphatic heterocycles. The van der Waals surface area contributed by atoms with E-state index in [0.29, 0.717) is 0 Å². The van der Waals surface area contributed by atoms with Gasteiger partial charge < -0.3 is 9.64 Å². The molecule has 0 saturated carbocycles. The fourth-order valence-corrected chi connectivity index (χ4v) is 4.80. The van der Waals surface area contributed by atoms with Gasteiger partial charge in [0.05, 0.1) is 5.60 Å². The molecule has 3 heteroatoms. The van der Waals surface area contributed by atoms with Crippen molar-refractivity contribution in [3.8, 4) is 0 Å². The van der Waals surface area contributed by atoms with E-state index in [9.17, 15) is 0 Å². The second-order valence-electron chi connectivity index (χ2n) is 7.81. The van der Waals surface area contributed by atoms with E-state index < -0.39 is 0 Å². The predicted molar refractivity (Wildman–Crippen MR) is 93.6 cm³/mol. The Balaban J connectivity index is 1.39. The highest BCUT2D eigenvalue weighted by Crippen LogP contribution is 2.37. The van der Waals surface area contributed by atoms with E-state index in [0.717, 1.165) is 25.7 Å². The molecule has 3 aliphatic rings. The van der Waals surface area contributed by atoms with Crippen LogP contribution in [0.2, 0.25) is 0 Å². The van der Waals surface area contributed by atoms with E-state index in [1.165, 1.54) is 62.9 Å². The van der Waals surface area contributed by atoms with Gasteiger partial charge in [0.2, 0.25) is 0 Å². The Kier molecular flexibility index (Phi) is 4.44. The van der Waals surface area contributed by atoms with Crippen molar-refractivity contribution in [3.63, 3.8) is 0 Å². The van der Waals surface area contributed by atoms with Crippen molar-refractivity contribution in [3.05, 3.63) is 35.4 Å². The van der Waals surface area contributed by atoms with Crippen LogP contribution in [-0.4, -0.2) is 54.2 Å². The molecule has 126 valence electrons. The smallest absolute Gasteiger partial charge is 0.0835 e. The van der Waals surface area contributed by atoms with E-state index >= 15 is 0 Å². The molecule has 0 aliphatic carbocycles. The number of hydrogen-bond donors (Lipinski definition) is 0. The van der Waals surface area contributed by atoms with E-state index in [2.05, 4.69) is 41.0 Å². The minimum Gasteiger partial charge on any atom is -0.373 e. The van der Waals surface area contributed by atoms with Crippen LogP contribution in [0.1, 0.15) is 43.2 Å². The number of hydrogen-bond acceptors (Lipinski definition) is 3. The second kappa shape index (κ2) is 6.54. The Morgan fingerprint density at radius 2 is 2.00 bits per heavy atom. The van der Waals surface area contributed by atoms with Crippen molar-refractivity contribution >= 4 is 0 Å². The zero-order valence-corrected chi connectivity index (χ0v) is 14.5. The summed E-state index contributed by atoms with van der Waals surface area (Å²) in [4.78, 5) is 5.34. The maximum absolute atomic E-state index is 6.35. The van der Waals surface area contributed by atoms with Crippen LogP contribution >= 0.6 is 0 Å². The summed E-state index contributed by atoms with van der Waals surface area (Å²) in [5.74, 6) is 0. The zero-order chi connectivity index (χ0) is 15.7. The number of ether oxygens (including phenoxy) is 1. The first-order chi connectivity index (χ1) is 11.2. The van der Waals surface area contributed by atoms with Gasteiger partial charge >= 0.3 is 0 Å². The van der Waals surface area contributed by atoms with Crippen molar-refractivity contribution in [2.24, 2.45) is 0 Å². The standard InChI is InChI=1S/C20H30N2O/c1-17-6-2-3-7-18(17)15-21-12-9-20(16-21)14-19(8-13-23-20)22-10-4-5-11-22/h2-3,6-7,19H,4-5,8-16H2,1H3/t19-,20+/m0/s1. The maximum Gasteiger partial charge on any atom is 0.0835 e. The molecule has 1 aromatic rings. The minimum absolute atomic E-state index is 0.133. The minimum atomic E-state index is 0.133. The van der Waals surface area contributed by atoms with E-state index in [-0.39, 0.29) is 5.60 Å². The third kappa shape index (κ3) is 3.33. The number of aryl methyl sites for hydroxylation is 1. The molecule has 3 fully saturated rings. The molecular formula is C20H30N2O. The summed E-state index contributed by atoms with van der Waals surface area (Å²) in [6.45, 7) is 9.18. The van der Waals surface area contributed by atoms with Crippen molar-refractivity contribution < 1.29 is 4.74 Å². The largest absolute Gasteiger partial charge is 0.373 e. The van der Waals surface area contributed by atoms with Gasteiger partial charge in [-0.1, -0.05) is 24.3 Å². The van der Waals surface area contributed by atoms with Crippen LogP contribution < -0.4 is 0 Å². The van der Waals surface area contributed by atoms with Crippen LogP contribution in [0.15, 0.2) is 24.3 Å². The normalized spacial score (nSPS) is 32.8. The van der Waals surface area contributed by atoms with Gasteiger partial charge in [-0.05, 0) is 63.2 Å². The zero-order valence-electron chi connectivity index (χ0n) is 14.5. The van der Waals surface area contributed by atoms with Crippen LogP contribution in [-0.2, 0) is 11.3 Å². The number of benzene rings is 1. The van der Waals surface area contributed by atoms with E-state index in [1.54, 1.807) is 0 Å². The Morgan fingerprint density at radius 1 is 1.17 bits per heavy atom. The third-order valence-electron chi connectivity index (χ3n) is 6.17. The molecular weight excluding hydrogens is 284 g/mol. The number of nitrogens with zero attached hydrogens (tertiary/aromatic N) is 2. The molecule has 4 rings (SSSR count). The lowest BCUT2D eigenvalue weighted by Crippen LogP contribution is -2.49. The van der Waals surface area contributed by atoms with Gasteiger partial charge in [0.15, 0.2) is 0 Å². The monoisotopic (exact) mass is 314 g/mol. The SMILES string of the molecule is Cc1ccccc1CN1CC[C@@]2(C[C@@H](N3CCCC3)CCO2)C1. The molecule has 2 atom stereocenters. The van der Waals surface area contributed by atoms with Gasteiger partial charge in [0.1, 0.15) is 0 Å².